The molecule has 6 nitrogen and oxygen atoms in total. The van der Waals surface area contributed by atoms with Crippen LogP contribution in [-0.2, 0) is 14.4 Å². The lowest BCUT2D eigenvalue weighted by atomic mass is 9.35. The van der Waals surface area contributed by atoms with Crippen molar-refractivity contribution in [2.24, 2.45) is 33.5 Å². The van der Waals surface area contributed by atoms with Gasteiger partial charge in [0.2, 0.25) is 11.7 Å². The number of carboxylic acids is 1. The molecule has 6 heteroatoms. The zero-order chi connectivity index (χ0) is 28.1. The highest BCUT2D eigenvalue weighted by Gasteiger charge is 2.68. The van der Waals surface area contributed by atoms with Gasteiger partial charge in [0.25, 0.3) is 0 Å². The summed E-state index contributed by atoms with van der Waals surface area (Å²) in [5.41, 5.74) is 1.95. The molecule has 0 bridgehead atoms. The van der Waals surface area contributed by atoms with Crippen molar-refractivity contribution in [1.29, 1.82) is 0 Å². The fraction of sp³-hybridized carbons (Fsp3) is 0.656. The lowest BCUT2D eigenvalue weighted by Crippen LogP contribution is -2.67. The largest absolute Gasteiger partial charge is 0.504 e. The van der Waals surface area contributed by atoms with Crippen molar-refractivity contribution in [1.82, 2.24) is 5.32 Å². The van der Waals surface area contributed by atoms with Crippen LogP contribution in [0.5, 0.6) is 0 Å². The Morgan fingerprint density at radius 2 is 1.66 bits per heavy atom. The van der Waals surface area contributed by atoms with Crippen LogP contribution in [0.3, 0.4) is 0 Å². The van der Waals surface area contributed by atoms with E-state index in [0.29, 0.717) is 18.4 Å². The number of aliphatic hydroxyl groups is 1. The van der Waals surface area contributed by atoms with Gasteiger partial charge in [0.15, 0.2) is 5.76 Å². The van der Waals surface area contributed by atoms with Gasteiger partial charge in [-0.25, -0.2) is 4.79 Å². The molecule has 0 aromatic carbocycles. The van der Waals surface area contributed by atoms with E-state index in [9.17, 15) is 24.6 Å². The first kappa shape index (κ1) is 27.0. The summed E-state index contributed by atoms with van der Waals surface area (Å²) in [5, 5.41) is 23.8. The minimum Gasteiger partial charge on any atom is -0.504 e. The highest BCUT2D eigenvalue weighted by atomic mass is 16.4. The van der Waals surface area contributed by atoms with Crippen LogP contribution in [-0.4, -0.2) is 33.4 Å². The Morgan fingerprint density at radius 3 is 2.29 bits per heavy atom. The standard InChI is InChI=1S/C32H43NO5/c1-18(2)26(36)33-32(27(37)38)15-11-28(4)10-13-30(6)23-9-8-20-19(3)25(35)22(34)16-21(20)29(23,5)12-14-31(30,7)24(28)17-32/h8-9,16,18,24,35H,10-15,17H2,1-7H3,(H,33,36)(H,37,38)/t24-,28+,29+,30-,31+,32+/m1/s1. The first-order chi connectivity index (χ1) is 17.5. The first-order valence-electron chi connectivity index (χ1n) is 14.2. The van der Waals surface area contributed by atoms with Crippen LogP contribution in [0.1, 0.15) is 93.4 Å². The highest BCUT2D eigenvalue weighted by Crippen LogP contribution is 2.75. The highest BCUT2D eigenvalue weighted by molar-refractivity contribution is 6.06. The maximum atomic E-state index is 12.8. The summed E-state index contributed by atoms with van der Waals surface area (Å²) in [6.45, 7) is 14.7. The molecule has 3 saturated carbocycles. The lowest BCUT2D eigenvalue weighted by molar-refractivity contribution is -0.174. The molecule has 3 fully saturated rings. The van der Waals surface area contributed by atoms with Gasteiger partial charge in [0.05, 0.1) is 0 Å². The van der Waals surface area contributed by atoms with Crippen LogP contribution in [0.4, 0.5) is 0 Å². The second-order valence-corrected chi connectivity index (χ2v) is 14.1. The number of rotatable bonds is 3. The molecule has 0 saturated heterocycles. The number of hydrogen-bond donors (Lipinski definition) is 3. The maximum Gasteiger partial charge on any atom is 0.329 e. The SMILES string of the molecule is CC1=C(O)C(=O)C=C2C1=CC=C1[C@@]2(C)CC[C@@]2(C)[C@@H]3C[C@](NC(=O)C(C)C)(C(=O)O)CC[C@]3(C)CC[C@]12C. The number of carbonyl (C=O) groups excluding carboxylic acids is 2. The fourth-order valence-electron chi connectivity index (χ4n) is 9.03. The van der Waals surface area contributed by atoms with E-state index < -0.39 is 11.5 Å². The van der Waals surface area contributed by atoms with Crippen LogP contribution < -0.4 is 5.32 Å². The van der Waals surface area contributed by atoms with Crippen molar-refractivity contribution in [3.8, 4) is 0 Å². The number of nitrogens with one attached hydrogen (secondary N) is 1. The lowest BCUT2D eigenvalue weighted by Gasteiger charge is -2.70. The summed E-state index contributed by atoms with van der Waals surface area (Å²) >= 11 is 0. The summed E-state index contributed by atoms with van der Waals surface area (Å²) in [6.07, 6.45) is 11.3. The monoisotopic (exact) mass is 521 g/mol. The molecule has 0 aromatic rings. The molecule has 38 heavy (non-hydrogen) atoms. The molecule has 0 heterocycles. The van der Waals surface area contributed by atoms with Crippen molar-refractivity contribution in [2.45, 2.75) is 99.0 Å². The number of carboxylic acid groups (broad SMARTS) is 1. The number of amides is 1. The predicted octanol–water partition coefficient (Wildman–Crippen LogP) is 6.20. The van der Waals surface area contributed by atoms with Gasteiger partial charge in [-0.2, -0.15) is 0 Å². The predicted molar refractivity (Wildman–Crippen MR) is 146 cm³/mol. The summed E-state index contributed by atoms with van der Waals surface area (Å²) in [7, 11) is 0. The van der Waals surface area contributed by atoms with Gasteiger partial charge in [0, 0.05) is 16.9 Å². The number of fused-ring (bicyclic) bond motifs is 7. The van der Waals surface area contributed by atoms with Gasteiger partial charge >= 0.3 is 5.97 Å². The van der Waals surface area contributed by atoms with Crippen LogP contribution in [0.25, 0.3) is 0 Å². The molecule has 0 radical (unpaired) electrons. The third-order valence-electron chi connectivity index (χ3n) is 11.9. The van der Waals surface area contributed by atoms with E-state index in [2.05, 4.69) is 45.2 Å². The van der Waals surface area contributed by atoms with Crippen LogP contribution >= 0.6 is 0 Å². The first-order valence-corrected chi connectivity index (χ1v) is 14.2. The van der Waals surface area contributed by atoms with Gasteiger partial charge < -0.3 is 15.5 Å². The van der Waals surface area contributed by atoms with Gasteiger partial charge in [-0.3, -0.25) is 9.59 Å². The molecule has 1 amide bonds. The number of ketones is 1. The molecular formula is C32H43NO5. The molecule has 3 N–H and O–H groups in total. The molecule has 0 aliphatic heterocycles. The Kier molecular flexibility index (Phi) is 5.81. The number of hydrogen-bond acceptors (Lipinski definition) is 4. The topological polar surface area (TPSA) is 104 Å². The average Bonchev–Trinajstić information content (AvgIpc) is 2.85. The summed E-state index contributed by atoms with van der Waals surface area (Å²) < 4.78 is 0. The molecule has 5 rings (SSSR count). The van der Waals surface area contributed by atoms with Crippen molar-refractivity contribution in [2.75, 3.05) is 0 Å². The second-order valence-electron chi connectivity index (χ2n) is 14.1. The van der Waals surface area contributed by atoms with E-state index in [1.807, 2.05) is 6.92 Å². The molecule has 6 atom stereocenters. The third-order valence-corrected chi connectivity index (χ3v) is 11.9. The Balaban J connectivity index is 1.60. The van der Waals surface area contributed by atoms with Gasteiger partial charge in [-0.05, 0) is 91.3 Å². The number of carbonyl (C=O) groups is 3. The van der Waals surface area contributed by atoms with Crippen molar-refractivity contribution < 1.29 is 24.6 Å². The van der Waals surface area contributed by atoms with E-state index in [0.717, 1.165) is 43.3 Å². The van der Waals surface area contributed by atoms with Crippen molar-refractivity contribution in [3.05, 3.63) is 46.3 Å². The summed E-state index contributed by atoms with van der Waals surface area (Å²) in [4.78, 5) is 38.2. The molecule has 5 aliphatic rings. The van der Waals surface area contributed by atoms with Gasteiger partial charge in [0.1, 0.15) is 5.54 Å². The Bertz CT molecular complexity index is 1270. The van der Waals surface area contributed by atoms with Gasteiger partial charge in [-0.1, -0.05) is 59.3 Å². The van der Waals surface area contributed by atoms with Crippen LogP contribution in [0.2, 0.25) is 0 Å². The Hall–Kier alpha value is -2.63. The number of aliphatic hydroxyl groups excluding tert-OH is 1. The van der Waals surface area contributed by atoms with E-state index in [4.69, 9.17) is 0 Å². The molecule has 206 valence electrons. The number of allylic oxidation sites excluding steroid dienone is 7. The smallest absolute Gasteiger partial charge is 0.329 e. The second kappa shape index (κ2) is 8.19. The number of aliphatic carboxylic acids is 1. The third kappa shape index (κ3) is 3.34. The molecular weight excluding hydrogens is 478 g/mol. The van der Waals surface area contributed by atoms with E-state index in [1.165, 1.54) is 5.57 Å². The van der Waals surface area contributed by atoms with Crippen molar-refractivity contribution >= 4 is 17.7 Å². The zero-order valence-corrected chi connectivity index (χ0v) is 24.0. The van der Waals surface area contributed by atoms with Gasteiger partial charge in [-0.15, -0.1) is 0 Å². The minimum atomic E-state index is -1.25. The summed E-state index contributed by atoms with van der Waals surface area (Å²) in [5.74, 6) is -1.79. The Morgan fingerprint density at radius 1 is 1.00 bits per heavy atom. The fourth-order valence-corrected chi connectivity index (χ4v) is 9.03. The Labute approximate surface area is 226 Å². The van der Waals surface area contributed by atoms with Crippen LogP contribution in [0.15, 0.2) is 46.3 Å². The average molecular weight is 522 g/mol. The van der Waals surface area contributed by atoms with E-state index in [1.54, 1.807) is 19.9 Å². The zero-order valence-electron chi connectivity index (χ0n) is 24.0. The molecule has 5 aliphatic carbocycles. The summed E-state index contributed by atoms with van der Waals surface area (Å²) in [6, 6.07) is 0. The molecule has 0 spiro atoms. The quantitative estimate of drug-likeness (QED) is 0.410. The normalized spacial score (nSPS) is 42.2. The van der Waals surface area contributed by atoms with E-state index in [-0.39, 0.29) is 50.9 Å². The van der Waals surface area contributed by atoms with E-state index >= 15 is 0 Å². The molecule has 0 unspecified atom stereocenters. The molecule has 0 aromatic heterocycles. The minimum absolute atomic E-state index is 0.00489. The maximum absolute atomic E-state index is 12.8. The van der Waals surface area contributed by atoms with Crippen LogP contribution in [0, 0.1) is 33.5 Å². The van der Waals surface area contributed by atoms with Crippen molar-refractivity contribution in [3.63, 3.8) is 0 Å².